The molecule has 44 heavy (non-hydrogen) atoms. The van der Waals surface area contributed by atoms with Gasteiger partial charge >= 0.3 is 0 Å². The highest BCUT2D eigenvalue weighted by atomic mass is 32.1. The Bertz CT molecular complexity index is 1400. The minimum Gasteiger partial charge on any atom is -0.494 e. The third kappa shape index (κ3) is 8.19. The molecule has 2 amide bonds. The van der Waals surface area contributed by atoms with Crippen LogP contribution < -0.4 is 15.0 Å². The van der Waals surface area contributed by atoms with Crippen LogP contribution in [0.2, 0.25) is 0 Å². The molecule has 2 aliphatic rings. The number of thiocarbonyl (C=S) groups is 1. The number of nitrogens with one attached hydrogen (secondary N) is 1. The van der Waals surface area contributed by atoms with Crippen LogP contribution in [0.4, 0.5) is 15.8 Å². The maximum atomic E-state index is 13.7. The molecule has 0 radical (unpaired) electrons. The first kappa shape index (κ1) is 31.6. The number of ether oxygens (including phenoxy) is 1. The molecule has 0 aromatic heterocycles. The van der Waals surface area contributed by atoms with Gasteiger partial charge in [0, 0.05) is 45.0 Å². The van der Waals surface area contributed by atoms with Gasteiger partial charge in [-0.25, -0.2) is 4.39 Å². The van der Waals surface area contributed by atoms with E-state index in [1.807, 2.05) is 30.0 Å². The zero-order valence-electron chi connectivity index (χ0n) is 25.2. The van der Waals surface area contributed by atoms with E-state index in [2.05, 4.69) is 39.4 Å². The van der Waals surface area contributed by atoms with Gasteiger partial charge in [-0.05, 0) is 85.7 Å². The Kier molecular flexibility index (Phi) is 10.9. The number of carbonyl (C=O) groups excluding carboxylic acids is 2. The summed E-state index contributed by atoms with van der Waals surface area (Å²) >= 11 is 5.78. The van der Waals surface area contributed by atoms with E-state index in [9.17, 15) is 14.0 Å². The second kappa shape index (κ2) is 15.2. The lowest BCUT2D eigenvalue weighted by molar-refractivity contribution is -0.124. The Morgan fingerprint density at radius 2 is 1.61 bits per heavy atom. The van der Waals surface area contributed by atoms with Crippen LogP contribution in [-0.2, 0) is 16.1 Å². The van der Waals surface area contributed by atoms with E-state index in [1.54, 1.807) is 12.1 Å². The molecule has 3 aromatic carbocycles. The zero-order valence-corrected chi connectivity index (χ0v) is 26.0. The van der Waals surface area contributed by atoms with Gasteiger partial charge in [0.25, 0.3) is 5.91 Å². The molecular formula is C34H40FN5O3S. The molecule has 0 unspecified atom stereocenters. The highest BCUT2D eigenvalue weighted by molar-refractivity contribution is 7.80. The van der Waals surface area contributed by atoms with E-state index in [4.69, 9.17) is 17.0 Å². The molecule has 2 aliphatic heterocycles. The molecule has 1 N–H and O–H groups in total. The fourth-order valence-corrected chi connectivity index (χ4v) is 6.05. The van der Waals surface area contributed by atoms with Crippen LogP contribution >= 0.6 is 12.2 Å². The summed E-state index contributed by atoms with van der Waals surface area (Å²) in [6.45, 7) is 8.99. The predicted molar refractivity (Wildman–Crippen MR) is 175 cm³/mol. The normalized spacial score (nSPS) is 17.7. The summed E-state index contributed by atoms with van der Waals surface area (Å²) in [5, 5.41) is 3.24. The van der Waals surface area contributed by atoms with Crippen molar-refractivity contribution < 1.29 is 18.7 Å². The highest BCUT2D eigenvalue weighted by Gasteiger charge is 2.44. The number of benzene rings is 3. The third-order valence-electron chi connectivity index (χ3n) is 7.98. The van der Waals surface area contributed by atoms with Crippen molar-refractivity contribution in [2.24, 2.45) is 0 Å². The van der Waals surface area contributed by atoms with Gasteiger partial charge in [0.15, 0.2) is 5.11 Å². The lowest BCUT2D eigenvalue weighted by atomic mass is 10.1. The maximum absolute atomic E-state index is 13.7. The lowest BCUT2D eigenvalue weighted by Gasteiger charge is -2.35. The number of hydrogen-bond acceptors (Lipinski definition) is 6. The van der Waals surface area contributed by atoms with Gasteiger partial charge in [0.05, 0.1) is 18.7 Å². The molecular weight excluding hydrogens is 577 g/mol. The van der Waals surface area contributed by atoms with E-state index >= 15 is 0 Å². The van der Waals surface area contributed by atoms with Crippen LogP contribution in [0.25, 0.3) is 0 Å². The summed E-state index contributed by atoms with van der Waals surface area (Å²) in [7, 11) is 0. The third-order valence-corrected chi connectivity index (χ3v) is 8.40. The largest absolute Gasteiger partial charge is 0.494 e. The van der Waals surface area contributed by atoms with Gasteiger partial charge in [-0.3, -0.25) is 19.4 Å². The molecule has 2 saturated heterocycles. The van der Waals surface area contributed by atoms with Crippen molar-refractivity contribution in [3.05, 3.63) is 90.2 Å². The smallest absolute Gasteiger partial charge is 0.256 e. The number of halogens is 1. The first-order valence-corrected chi connectivity index (χ1v) is 15.7. The lowest BCUT2D eigenvalue weighted by Crippen LogP contribution is -2.47. The molecule has 2 fully saturated rings. The number of anilines is 2. The topological polar surface area (TPSA) is 68.4 Å². The first-order valence-electron chi connectivity index (χ1n) is 15.3. The maximum Gasteiger partial charge on any atom is 0.256 e. The van der Waals surface area contributed by atoms with Crippen LogP contribution in [-0.4, -0.2) is 83.5 Å². The van der Waals surface area contributed by atoms with Crippen molar-refractivity contribution in [2.75, 3.05) is 56.1 Å². The van der Waals surface area contributed by atoms with Crippen molar-refractivity contribution in [2.45, 2.75) is 38.8 Å². The van der Waals surface area contributed by atoms with Crippen LogP contribution in [0.5, 0.6) is 5.75 Å². The van der Waals surface area contributed by atoms with Crippen molar-refractivity contribution in [1.82, 2.24) is 14.7 Å². The van der Waals surface area contributed by atoms with Gasteiger partial charge in [-0.15, -0.1) is 0 Å². The quantitative estimate of drug-likeness (QED) is 0.266. The molecule has 0 aliphatic carbocycles. The van der Waals surface area contributed by atoms with Gasteiger partial charge in [-0.1, -0.05) is 37.3 Å². The summed E-state index contributed by atoms with van der Waals surface area (Å²) in [4.78, 5) is 35.0. The summed E-state index contributed by atoms with van der Waals surface area (Å²) in [5.41, 5.74) is 2.44. The minimum atomic E-state index is -0.748. The first-order chi connectivity index (χ1) is 21.4. The molecule has 0 saturated carbocycles. The highest BCUT2D eigenvalue weighted by Crippen LogP contribution is 2.28. The van der Waals surface area contributed by atoms with Gasteiger partial charge < -0.3 is 19.9 Å². The van der Waals surface area contributed by atoms with Crippen molar-refractivity contribution in [3.63, 3.8) is 0 Å². The number of piperazine rings is 1. The number of carbonyl (C=O) groups is 2. The van der Waals surface area contributed by atoms with E-state index in [0.29, 0.717) is 29.6 Å². The number of nitrogens with zero attached hydrogens (tertiary/aromatic N) is 4. The number of hydrogen-bond donors (Lipinski definition) is 1. The van der Waals surface area contributed by atoms with Crippen molar-refractivity contribution in [1.29, 1.82) is 0 Å². The summed E-state index contributed by atoms with van der Waals surface area (Å²) in [6, 6.07) is 22.7. The van der Waals surface area contributed by atoms with Crippen molar-refractivity contribution in [3.8, 4) is 5.75 Å². The SMILES string of the molecule is CCCOc1ccc(NC(=O)C[C@@H]2C(=O)N(c3ccc(F)cc3)C(=S)N2CCCN2CCN(Cc3ccccc3)CC2)cc1. The number of amides is 2. The van der Waals surface area contributed by atoms with E-state index < -0.39 is 11.9 Å². The Hall–Kier alpha value is -3.86. The molecule has 232 valence electrons. The second-order valence-corrected chi connectivity index (χ2v) is 11.6. The van der Waals surface area contributed by atoms with Gasteiger partial charge in [0.1, 0.15) is 17.6 Å². The Balaban J connectivity index is 1.19. The van der Waals surface area contributed by atoms with Crippen molar-refractivity contribution >= 4 is 40.5 Å². The van der Waals surface area contributed by atoms with Gasteiger partial charge in [-0.2, -0.15) is 0 Å². The zero-order chi connectivity index (χ0) is 30.9. The summed E-state index contributed by atoms with van der Waals surface area (Å²) in [5.74, 6) is -0.225. The minimum absolute atomic E-state index is 0.0527. The van der Waals surface area contributed by atoms with Gasteiger partial charge in [0.2, 0.25) is 5.91 Å². The molecule has 1 atom stereocenters. The molecule has 5 rings (SSSR count). The molecule has 0 spiro atoms. The standard InChI is InChI=1S/C34H40FN5O3S/c1-2-23-43-30-15-11-28(12-16-30)36-32(41)24-31-33(42)40(29-13-9-27(35)10-14-29)34(44)39(31)18-6-17-37-19-21-38(22-20-37)25-26-7-4-3-5-8-26/h3-5,7-16,31H,2,6,17-25H2,1H3,(H,36,41)/t31-/m1/s1. The van der Waals surface area contributed by atoms with E-state index in [0.717, 1.165) is 57.9 Å². The number of rotatable bonds is 13. The molecule has 10 heteroatoms. The fraction of sp³-hybridized carbons (Fsp3) is 0.382. The summed E-state index contributed by atoms with van der Waals surface area (Å²) < 4.78 is 19.3. The molecule has 8 nitrogen and oxygen atoms in total. The predicted octanol–water partition coefficient (Wildman–Crippen LogP) is 5.15. The fourth-order valence-electron chi connectivity index (χ4n) is 5.63. The second-order valence-electron chi connectivity index (χ2n) is 11.2. The Morgan fingerprint density at radius 1 is 0.932 bits per heavy atom. The molecule has 2 heterocycles. The summed E-state index contributed by atoms with van der Waals surface area (Å²) in [6.07, 6.45) is 1.65. The van der Waals surface area contributed by atoms with E-state index in [1.165, 1.54) is 34.7 Å². The van der Waals surface area contributed by atoms with Crippen LogP contribution in [0.1, 0.15) is 31.7 Å². The van der Waals surface area contributed by atoms with E-state index in [-0.39, 0.29) is 18.2 Å². The molecule has 0 bridgehead atoms. The van der Waals surface area contributed by atoms with Crippen LogP contribution in [0.15, 0.2) is 78.9 Å². The van der Waals surface area contributed by atoms with Crippen LogP contribution in [0.3, 0.4) is 0 Å². The monoisotopic (exact) mass is 617 g/mol. The average molecular weight is 618 g/mol. The average Bonchev–Trinajstić information content (AvgIpc) is 3.26. The van der Waals surface area contributed by atoms with Crippen LogP contribution in [0, 0.1) is 5.82 Å². The Labute approximate surface area is 264 Å². The Morgan fingerprint density at radius 3 is 2.30 bits per heavy atom. The molecule has 3 aromatic rings.